The number of aromatic nitrogens is 2. The number of rotatable bonds is 9. The third-order valence-electron chi connectivity index (χ3n) is 7.97. The van der Waals surface area contributed by atoms with Crippen LogP contribution in [0.5, 0.6) is 6.01 Å². The summed E-state index contributed by atoms with van der Waals surface area (Å²) in [6.45, 7) is 4.76. The number of alkyl halides is 1. The molecule has 9 heteroatoms. The van der Waals surface area contributed by atoms with Gasteiger partial charge in [-0.1, -0.05) is 24.8 Å². The second-order valence-corrected chi connectivity index (χ2v) is 10.5. The Morgan fingerprint density at radius 2 is 2.11 bits per heavy atom. The first-order chi connectivity index (χ1) is 18.4. The van der Waals surface area contributed by atoms with Crippen molar-refractivity contribution in [3.05, 3.63) is 59.9 Å². The highest BCUT2D eigenvalue weighted by molar-refractivity contribution is 5.93. The Kier molecular flexibility index (Phi) is 6.47. The van der Waals surface area contributed by atoms with Crippen molar-refractivity contribution in [2.45, 2.75) is 37.4 Å². The largest absolute Gasteiger partial charge is 0.462 e. The van der Waals surface area contributed by atoms with Gasteiger partial charge in [0.2, 0.25) is 5.91 Å². The summed E-state index contributed by atoms with van der Waals surface area (Å²) in [6.07, 6.45) is 2.96. The molecule has 7 nitrogen and oxygen atoms in total. The summed E-state index contributed by atoms with van der Waals surface area (Å²) in [7, 11) is 1.87. The first-order valence-electron chi connectivity index (χ1n) is 13.2. The molecule has 2 unspecified atom stereocenters. The van der Waals surface area contributed by atoms with Gasteiger partial charge in [-0.05, 0) is 73.0 Å². The molecule has 1 saturated carbocycles. The van der Waals surface area contributed by atoms with Crippen LogP contribution in [0.2, 0.25) is 0 Å². The number of carbonyl (C=O) groups is 1. The van der Waals surface area contributed by atoms with E-state index in [1.54, 1.807) is 6.07 Å². The first kappa shape index (κ1) is 24.7. The Morgan fingerprint density at radius 3 is 2.89 bits per heavy atom. The van der Waals surface area contributed by atoms with Crippen LogP contribution in [0.15, 0.2) is 43.0 Å². The lowest BCUT2D eigenvalue weighted by Crippen LogP contribution is -2.31. The van der Waals surface area contributed by atoms with E-state index in [2.05, 4.69) is 33.2 Å². The molecule has 6 rings (SSSR count). The van der Waals surface area contributed by atoms with Gasteiger partial charge in [0.05, 0.1) is 5.52 Å². The topological polar surface area (TPSA) is 79.4 Å². The summed E-state index contributed by atoms with van der Waals surface area (Å²) in [6, 6.07) is 9.45. The van der Waals surface area contributed by atoms with Crippen molar-refractivity contribution in [1.82, 2.24) is 20.2 Å². The Balaban J connectivity index is 1.33. The summed E-state index contributed by atoms with van der Waals surface area (Å²) in [5.74, 6) is 1.00. The highest BCUT2D eigenvalue weighted by Crippen LogP contribution is 2.58. The van der Waals surface area contributed by atoms with Gasteiger partial charge in [0.25, 0.3) is 0 Å². The van der Waals surface area contributed by atoms with Crippen LogP contribution in [0.4, 0.5) is 14.6 Å². The van der Waals surface area contributed by atoms with E-state index in [-0.39, 0.29) is 30.4 Å². The van der Waals surface area contributed by atoms with Crippen molar-refractivity contribution in [3.63, 3.8) is 0 Å². The molecular formula is C29H31F2N5O2. The molecule has 198 valence electrons. The number of benzene rings is 2. The summed E-state index contributed by atoms with van der Waals surface area (Å²) < 4.78 is 35.4. The molecule has 2 aromatic carbocycles. The number of fused-ring (bicyclic) bond motifs is 4. The fourth-order valence-corrected chi connectivity index (χ4v) is 5.92. The highest BCUT2D eigenvalue weighted by Gasteiger charge is 2.46. The minimum atomic E-state index is -0.877. The van der Waals surface area contributed by atoms with Crippen LogP contribution in [-0.2, 0) is 11.2 Å². The summed E-state index contributed by atoms with van der Waals surface area (Å²) in [5.41, 5.74) is 4.58. The zero-order chi connectivity index (χ0) is 26.4. The van der Waals surface area contributed by atoms with Crippen molar-refractivity contribution >= 4 is 22.6 Å². The number of ether oxygens (including phenoxy) is 1. The second kappa shape index (κ2) is 9.94. The average molecular weight is 520 g/mol. The van der Waals surface area contributed by atoms with Crippen molar-refractivity contribution in [3.8, 4) is 17.1 Å². The minimum Gasteiger partial charge on any atom is -0.462 e. The summed E-state index contributed by atoms with van der Waals surface area (Å²) in [4.78, 5) is 22.6. The van der Waals surface area contributed by atoms with Crippen LogP contribution in [0, 0.1) is 11.7 Å². The number of likely N-dealkylation sites (tertiary alicyclic amines) is 1. The third kappa shape index (κ3) is 4.71. The number of anilines is 1. The Morgan fingerprint density at radius 1 is 1.24 bits per heavy atom. The molecule has 1 saturated heterocycles. The SMILES string of the molecule is C=CC(=O)NCCNc1nc(OC[C@@H]2C[C@@H](F)CN2C)nc2cc(-c3cccc4c3C3CC3C4)c(F)cc12. The number of likely N-dealkylation sites (N-methyl/N-ethyl adjacent to an activating group) is 1. The van der Waals surface area contributed by atoms with Crippen LogP contribution < -0.4 is 15.4 Å². The molecular weight excluding hydrogens is 488 g/mol. The van der Waals surface area contributed by atoms with E-state index in [9.17, 15) is 9.18 Å². The molecule has 2 fully saturated rings. The van der Waals surface area contributed by atoms with Gasteiger partial charge in [0, 0.05) is 36.6 Å². The molecule has 1 amide bonds. The van der Waals surface area contributed by atoms with Gasteiger partial charge >= 0.3 is 6.01 Å². The van der Waals surface area contributed by atoms with Gasteiger partial charge < -0.3 is 15.4 Å². The Bertz CT molecular complexity index is 1410. The fraction of sp³-hybridized carbons (Fsp3) is 0.414. The van der Waals surface area contributed by atoms with E-state index in [1.165, 1.54) is 29.7 Å². The molecule has 1 aliphatic heterocycles. The maximum Gasteiger partial charge on any atom is 0.318 e. The van der Waals surface area contributed by atoms with Gasteiger partial charge in [-0.3, -0.25) is 9.69 Å². The number of carbonyl (C=O) groups excluding carboxylic acids is 1. The zero-order valence-electron chi connectivity index (χ0n) is 21.3. The van der Waals surface area contributed by atoms with Crippen LogP contribution in [-0.4, -0.2) is 66.3 Å². The molecule has 3 aromatic rings. The molecule has 4 atom stereocenters. The number of hydrogen-bond donors (Lipinski definition) is 2. The monoisotopic (exact) mass is 519 g/mol. The maximum absolute atomic E-state index is 15.6. The molecule has 3 aliphatic rings. The molecule has 1 aromatic heterocycles. The fourth-order valence-electron chi connectivity index (χ4n) is 5.92. The van der Waals surface area contributed by atoms with Gasteiger partial charge in [-0.25, -0.2) is 8.78 Å². The van der Waals surface area contributed by atoms with E-state index in [1.807, 2.05) is 24.1 Å². The third-order valence-corrected chi connectivity index (χ3v) is 7.97. The predicted molar refractivity (Wildman–Crippen MR) is 143 cm³/mol. The molecule has 0 bridgehead atoms. The average Bonchev–Trinajstić information content (AvgIpc) is 3.45. The summed E-state index contributed by atoms with van der Waals surface area (Å²) in [5, 5.41) is 6.40. The van der Waals surface area contributed by atoms with E-state index in [0.29, 0.717) is 60.2 Å². The smallest absolute Gasteiger partial charge is 0.318 e. The normalized spacial score (nSPS) is 23.7. The van der Waals surface area contributed by atoms with E-state index >= 15 is 4.39 Å². The Hall–Kier alpha value is -3.59. The highest BCUT2D eigenvalue weighted by atomic mass is 19.1. The lowest BCUT2D eigenvalue weighted by atomic mass is 9.93. The molecule has 2 aliphatic carbocycles. The predicted octanol–water partition coefficient (Wildman–Crippen LogP) is 4.23. The van der Waals surface area contributed by atoms with Crippen LogP contribution >= 0.6 is 0 Å². The number of nitrogens with one attached hydrogen (secondary N) is 2. The van der Waals surface area contributed by atoms with E-state index in [4.69, 9.17) is 4.74 Å². The van der Waals surface area contributed by atoms with Crippen molar-refractivity contribution in [2.24, 2.45) is 5.92 Å². The standard InChI is InChI=1S/C29H31F2N5O2/c1-3-26(37)32-7-8-33-28-23-12-24(31)22(20-6-4-5-16-9-17-10-21(17)27(16)20)13-25(23)34-29(35-28)38-15-19-11-18(30)14-36(19)2/h3-6,12-13,17-19,21H,1,7-11,14-15H2,2H3,(H,32,37)(H,33,34,35)/t17?,18-,19+,21?/m1/s1. The second-order valence-electron chi connectivity index (χ2n) is 10.5. The molecule has 2 heterocycles. The van der Waals surface area contributed by atoms with Crippen LogP contribution in [0.25, 0.3) is 22.0 Å². The van der Waals surface area contributed by atoms with Crippen LogP contribution in [0.1, 0.15) is 29.9 Å². The van der Waals surface area contributed by atoms with Crippen molar-refractivity contribution < 1.29 is 18.3 Å². The lowest BCUT2D eigenvalue weighted by molar-refractivity contribution is -0.116. The molecule has 2 N–H and O–H groups in total. The quantitative estimate of drug-likeness (QED) is 0.325. The maximum atomic E-state index is 15.6. The van der Waals surface area contributed by atoms with Gasteiger partial charge in [-0.15, -0.1) is 0 Å². The van der Waals surface area contributed by atoms with Gasteiger partial charge in [0.1, 0.15) is 24.4 Å². The number of amides is 1. The van der Waals surface area contributed by atoms with Gasteiger partial charge in [-0.2, -0.15) is 9.97 Å². The Labute approximate surface area is 220 Å². The summed E-state index contributed by atoms with van der Waals surface area (Å²) >= 11 is 0. The van der Waals surface area contributed by atoms with E-state index in [0.717, 1.165) is 12.0 Å². The number of halogens is 2. The first-order valence-corrected chi connectivity index (χ1v) is 13.2. The van der Waals surface area contributed by atoms with Crippen LogP contribution in [0.3, 0.4) is 0 Å². The van der Waals surface area contributed by atoms with Crippen molar-refractivity contribution in [2.75, 3.05) is 38.6 Å². The van der Waals surface area contributed by atoms with Gasteiger partial charge in [0.15, 0.2) is 0 Å². The lowest BCUT2D eigenvalue weighted by Gasteiger charge is -2.19. The number of nitrogens with zero attached hydrogens (tertiary/aromatic N) is 3. The molecule has 0 spiro atoms. The number of hydrogen-bond acceptors (Lipinski definition) is 6. The minimum absolute atomic E-state index is 0.0722. The zero-order valence-corrected chi connectivity index (χ0v) is 21.3. The molecule has 0 radical (unpaired) electrons. The van der Waals surface area contributed by atoms with Crippen molar-refractivity contribution in [1.29, 1.82) is 0 Å². The van der Waals surface area contributed by atoms with E-state index < -0.39 is 6.17 Å². The molecule has 38 heavy (non-hydrogen) atoms.